The molecule has 0 spiro atoms. The summed E-state index contributed by atoms with van der Waals surface area (Å²) < 4.78 is 35.5. The van der Waals surface area contributed by atoms with Crippen LogP contribution in [0.4, 0.5) is 5.82 Å². The van der Waals surface area contributed by atoms with Gasteiger partial charge in [-0.05, 0) is 69.1 Å². The number of sulfonamides is 1. The van der Waals surface area contributed by atoms with E-state index in [4.69, 9.17) is 4.43 Å². The lowest BCUT2D eigenvalue weighted by molar-refractivity contribution is 0.204. The molecule has 0 radical (unpaired) electrons. The summed E-state index contributed by atoms with van der Waals surface area (Å²) in [6.45, 7) is 15.0. The Balaban J connectivity index is 1.95. The van der Waals surface area contributed by atoms with Crippen LogP contribution in [0.15, 0.2) is 59.5 Å². The molecule has 2 aromatic rings. The lowest BCUT2D eigenvalue weighted by atomic mass is 10.0. The van der Waals surface area contributed by atoms with Crippen LogP contribution in [0.25, 0.3) is 0 Å². The third-order valence-corrected chi connectivity index (χ3v) is 12.9. The van der Waals surface area contributed by atoms with E-state index >= 15 is 0 Å². The van der Waals surface area contributed by atoms with Gasteiger partial charge in [0.1, 0.15) is 5.82 Å². The summed E-state index contributed by atoms with van der Waals surface area (Å²) in [6, 6.07) is 12.2. The molecule has 1 aliphatic carbocycles. The van der Waals surface area contributed by atoms with Crippen LogP contribution in [0.3, 0.4) is 0 Å². The first-order valence-electron chi connectivity index (χ1n) is 11.2. The molecule has 1 aliphatic rings. The molecule has 0 saturated heterocycles. The van der Waals surface area contributed by atoms with Crippen LogP contribution >= 0.6 is 0 Å². The van der Waals surface area contributed by atoms with Crippen molar-refractivity contribution in [3.05, 3.63) is 65.9 Å². The maximum absolute atomic E-state index is 13.7. The minimum absolute atomic E-state index is 0.0153. The highest BCUT2D eigenvalue weighted by atomic mass is 32.2. The Labute approximate surface area is 194 Å². The second kappa shape index (κ2) is 9.12. The predicted molar refractivity (Wildman–Crippen MR) is 134 cm³/mol. The van der Waals surface area contributed by atoms with Gasteiger partial charge in [0.15, 0.2) is 8.32 Å². The van der Waals surface area contributed by atoms with Crippen molar-refractivity contribution in [1.29, 1.82) is 0 Å². The average molecular weight is 473 g/mol. The minimum atomic E-state index is -3.78. The molecule has 0 bridgehead atoms. The number of nitrogens with zero attached hydrogens (tertiary/aromatic N) is 2. The smallest absolute Gasteiger partial charge is 0.266 e. The number of anilines is 1. The van der Waals surface area contributed by atoms with Crippen molar-refractivity contribution in [1.82, 2.24) is 4.98 Å². The van der Waals surface area contributed by atoms with Gasteiger partial charge in [-0.1, -0.05) is 56.7 Å². The molecular weight excluding hydrogens is 436 g/mol. The molecule has 0 fully saturated rings. The van der Waals surface area contributed by atoms with Crippen LogP contribution in [0.2, 0.25) is 18.1 Å². The molecule has 2 atom stereocenters. The lowest BCUT2D eigenvalue weighted by Crippen LogP contribution is -2.46. The van der Waals surface area contributed by atoms with Crippen LogP contribution < -0.4 is 4.31 Å². The van der Waals surface area contributed by atoms with Gasteiger partial charge >= 0.3 is 0 Å². The molecule has 1 unspecified atom stereocenters. The number of hydrogen-bond donors (Lipinski definition) is 0. The summed E-state index contributed by atoms with van der Waals surface area (Å²) in [5, 5.41) is 0.129. The Morgan fingerprint density at radius 2 is 1.66 bits per heavy atom. The second-order valence-corrected chi connectivity index (χ2v) is 16.8. The van der Waals surface area contributed by atoms with Gasteiger partial charge in [0.25, 0.3) is 10.0 Å². The molecule has 1 aromatic heterocycles. The molecule has 0 amide bonds. The molecule has 1 heterocycles. The third-order valence-electron chi connectivity index (χ3n) is 6.53. The van der Waals surface area contributed by atoms with Crippen molar-refractivity contribution in [2.45, 2.75) is 82.6 Å². The van der Waals surface area contributed by atoms with Crippen molar-refractivity contribution in [2.75, 3.05) is 4.31 Å². The Kier molecular flexibility index (Phi) is 7.03. The fourth-order valence-corrected chi connectivity index (χ4v) is 6.47. The van der Waals surface area contributed by atoms with E-state index in [0.29, 0.717) is 12.2 Å². The van der Waals surface area contributed by atoms with Crippen LogP contribution in [0.1, 0.15) is 44.9 Å². The van der Waals surface area contributed by atoms with E-state index in [9.17, 15) is 8.42 Å². The first-order chi connectivity index (χ1) is 14.8. The Morgan fingerprint density at radius 3 is 2.19 bits per heavy atom. The maximum Gasteiger partial charge on any atom is 0.266 e. The first kappa shape index (κ1) is 24.7. The largest absolute Gasteiger partial charge is 0.411 e. The zero-order valence-corrected chi connectivity index (χ0v) is 22.1. The number of pyridine rings is 1. The number of rotatable bonds is 6. The molecule has 3 rings (SSSR count). The third kappa shape index (κ3) is 5.33. The molecule has 1 aromatic carbocycles. The zero-order chi connectivity index (χ0) is 23.7. The molecule has 174 valence electrons. The molecule has 0 saturated carbocycles. The van der Waals surface area contributed by atoms with Crippen molar-refractivity contribution >= 4 is 24.2 Å². The van der Waals surface area contributed by atoms with Crippen LogP contribution in [0, 0.1) is 13.8 Å². The summed E-state index contributed by atoms with van der Waals surface area (Å²) in [7, 11) is -5.68. The van der Waals surface area contributed by atoms with Crippen LogP contribution in [-0.4, -0.2) is 33.9 Å². The highest BCUT2D eigenvalue weighted by molar-refractivity contribution is 7.92. The first-order valence-corrected chi connectivity index (χ1v) is 15.6. The van der Waals surface area contributed by atoms with E-state index in [1.807, 2.05) is 50.3 Å². The number of benzene rings is 1. The van der Waals surface area contributed by atoms with E-state index < -0.39 is 18.3 Å². The van der Waals surface area contributed by atoms with Gasteiger partial charge in [0.2, 0.25) is 0 Å². The fourth-order valence-electron chi connectivity index (χ4n) is 3.57. The number of aromatic nitrogens is 1. The van der Waals surface area contributed by atoms with Gasteiger partial charge in [0, 0.05) is 5.69 Å². The average Bonchev–Trinajstić information content (AvgIpc) is 2.69. The highest BCUT2D eigenvalue weighted by Gasteiger charge is 2.40. The van der Waals surface area contributed by atoms with Gasteiger partial charge in [-0.15, -0.1) is 0 Å². The fraction of sp³-hybridized carbons (Fsp3) is 0.480. The molecule has 0 aliphatic heterocycles. The topological polar surface area (TPSA) is 59.5 Å². The van der Waals surface area contributed by atoms with Gasteiger partial charge in [0.05, 0.1) is 17.0 Å². The minimum Gasteiger partial charge on any atom is -0.411 e. The van der Waals surface area contributed by atoms with Crippen molar-refractivity contribution in [3.63, 3.8) is 0 Å². The van der Waals surface area contributed by atoms with Crippen LogP contribution in [-0.2, 0) is 14.4 Å². The summed E-state index contributed by atoms with van der Waals surface area (Å²) in [6.07, 6.45) is 5.50. The summed E-state index contributed by atoms with van der Waals surface area (Å²) >= 11 is 0. The van der Waals surface area contributed by atoms with Crippen LogP contribution in [0.5, 0.6) is 0 Å². The Hall–Kier alpha value is -1.96. The van der Waals surface area contributed by atoms with Crippen molar-refractivity contribution in [3.8, 4) is 0 Å². The van der Waals surface area contributed by atoms with Gasteiger partial charge in [-0.2, -0.15) is 0 Å². The molecule has 7 heteroatoms. The number of hydrogen-bond acceptors (Lipinski definition) is 4. The van der Waals surface area contributed by atoms with Crippen molar-refractivity contribution < 1.29 is 12.8 Å². The van der Waals surface area contributed by atoms with Gasteiger partial charge < -0.3 is 4.43 Å². The van der Waals surface area contributed by atoms with E-state index in [1.165, 1.54) is 4.31 Å². The SMILES string of the molecule is Cc1ccc(S(=O)(=O)N(c2cccc(C)n2)C2C=C[C@H](O[Si](C)(C)C(C)(C)C)CC2)cc1. The monoisotopic (exact) mass is 472 g/mol. The standard InChI is InChI=1S/C25H36N2O3SSi/c1-19-11-17-23(18-12-19)31(28,29)27(24-10-8-9-20(2)26-24)21-13-15-22(16-14-21)30-32(6,7)25(3,4)5/h8-13,15,17-18,21-22H,14,16H2,1-7H3/t21?,22-/m0/s1. The van der Waals surface area contributed by atoms with Gasteiger partial charge in [-0.25, -0.2) is 17.7 Å². The Morgan fingerprint density at radius 1 is 1.00 bits per heavy atom. The molecule has 0 N–H and O–H groups in total. The normalized spacial score (nSPS) is 19.7. The molecule has 5 nitrogen and oxygen atoms in total. The molecule has 32 heavy (non-hydrogen) atoms. The van der Waals surface area contributed by atoms with Crippen molar-refractivity contribution in [2.24, 2.45) is 0 Å². The van der Waals surface area contributed by atoms with Gasteiger partial charge in [-0.3, -0.25) is 0 Å². The molecular formula is C25H36N2O3SSi. The zero-order valence-electron chi connectivity index (χ0n) is 20.3. The number of aryl methyl sites for hydroxylation is 2. The van der Waals surface area contributed by atoms with E-state index in [0.717, 1.165) is 17.7 Å². The summed E-state index contributed by atoms with van der Waals surface area (Å²) in [5.74, 6) is 0.448. The predicted octanol–water partition coefficient (Wildman–Crippen LogP) is 6.00. The second-order valence-electron chi connectivity index (χ2n) is 10.2. The maximum atomic E-state index is 13.7. The summed E-state index contributed by atoms with van der Waals surface area (Å²) in [5.41, 5.74) is 1.80. The van der Waals surface area contributed by atoms with E-state index in [2.05, 4.69) is 38.8 Å². The highest BCUT2D eigenvalue weighted by Crippen LogP contribution is 2.39. The summed E-state index contributed by atoms with van der Waals surface area (Å²) in [4.78, 5) is 4.83. The van der Waals surface area contributed by atoms with E-state index in [1.54, 1.807) is 18.2 Å². The van der Waals surface area contributed by atoms with E-state index in [-0.39, 0.29) is 22.1 Å². The Bertz CT molecular complexity index is 1070. The quantitative estimate of drug-likeness (QED) is 0.382. The lowest BCUT2D eigenvalue weighted by Gasteiger charge is -2.40.